The third-order valence-electron chi connectivity index (χ3n) is 2.93. The fraction of sp³-hybridized carbons (Fsp3) is 0.789. The Morgan fingerprint density at radius 2 is 1.45 bits per heavy atom. The Balaban J connectivity index is 2.96. The van der Waals surface area contributed by atoms with Crippen molar-refractivity contribution in [3.8, 4) is 0 Å². The molecule has 1 atom stereocenters. The number of amidine groups is 1. The average Bonchev–Trinajstić information content (AvgIpc) is 2.81. The van der Waals surface area contributed by atoms with Gasteiger partial charge in [0.05, 0.1) is 6.04 Å². The summed E-state index contributed by atoms with van der Waals surface area (Å²) in [4.78, 5) is 41.8. The molecule has 1 heterocycles. The summed E-state index contributed by atoms with van der Waals surface area (Å²) in [7, 11) is 0. The lowest BCUT2D eigenvalue weighted by Gasteiger charge is -2.28. The predicted octanol–water partition coefficient (Wildman–Crippen LogP) is 4.58. The molecule has 0 saturated carbocycles. The van der Waals surface area contributed by atoms with Crippen LogP contribution in [-0.4, -0.2) is 63.6 Å². The SMILES string of the molecule is CC(C)(C)OC(=O)N=C1SCC(COC(=O)OC(C)(C)C)N1C(=O)OC(C)(C)C. The minimum atomic E-state index is -0.843. The topological polar surface area (TPSA) is 104 Å². The molecule has 1 saturated heterocycles. The minimum Gasteiger partial charge on any atom is -0.443 e. The van der Waals surface area contributed by atoms with Crippen LogP contribution in [0.1, 0.15) is 62.3 Å². The van der Waals surface area contributed by atoms with Crippen LogP contribution >= 0.6 is 11.8 Å². The fourth-order valence-corrected chi connectivity index (χ4v) is 3.11. The van der Waals surface area contributed by atoms with Crippen molar-refractivity contribution in [3.63, 3.8) is 0 Å². The normalized spacial score (nSPS) is 19.1. The molecule has 0 N–H and O–H groups in total. The highest BCUT2D eigenvalue weighted by Gasteiger charge is 2.39. The smallest absolute Gasteiger partial charge is 0.443 e. The van der Waals surface area contributed by atoms with Gasteiger partial charge in [0.2, 0.25) is 0 Å². The van der Waals surface area contributed by atoms with E-state index in [0.717, 1.165) is 0 Å². The Bertz CT molecular complexity index is 657. The van der Waals surface area contributed by atoms with Crippen LogP contribution in [0.15, 0.2) is 4.99 Å². The Morgan fingerprint density at radius 3 is 1.93 bits per heavy atom. The molecular formula is C19H32N2O7S. The van der Waals surface area contributed by atoms with Gasteiger partial charge < -0.3 is 18.9 Å². The maximum absolute atomic E-state index is 12.7. The number of carbonyl (C=O) groups is 3. The lowest BCUT2D eigenvalue weighted by atomic mass is 10.2. The second-order valence-electron chi connectivity index (χ2n) is 9.47. The summed E-state index contributed by atoms with van der Waals surface area (Å²) >= 11 is 1.17. The number of amides is 2. The maximum Gasteiger partial charge on any atom is 0.508 e. The number of hydrogen-bond acceptors (Lipinski definition) is 8. The summed E-state index contributed by atoms with van der Waals surface area (Å²) in [6.07, 6.45) is -2.35. The third kappa shape index (κ3) is 9.87. The van der Waals surface area contributed by atoms with Crippen molar-refractivity contribution in [2.45, 2.75) is 85.2 Å². The van der Waals surface area contributed by atoms with Crippen LogP contribution in [0.2, 0.25) is 0 Å². The van der Waals surface area contributed by atoms with E-state index in [1.54, 1.807) is 62.3 Å². The standard InChI is InChI=1S/C19H32N2O7S/c1-17(2,3)26-14(22)20-13-21(15(23)27-18(4,5)6)12(11-29-13)10-25-16(24)28-19(7,8)9/h12H,10-11H2,1-9H3. The van der Waals surface area contributed by atoms with Crippen LogP contribution in [0.25, 0.3) is 0 Å². The van der Waals surface area contributed by atoms with Crippen LogP contribution in [0.4, 0.5) is 14.4 Å². The van der Waals surface area contributed by atoms with Crippen molar-refractivity contribution in [1.29, 1.82) is 0 Å². The van der Waals surface area contributed by atoms with E-state index < -0.39 is 41.2 Å². The minimum absolute atomic E-state index is 0.130. The number of rotatable bonds is 2. The number of nitrogens with zero attached hydrogens (tertiary/aromatic N) is 2. The van der Waals surface area contributed by atoms with Crippen LogP contribution in [0.3, 0.4) is 0 Å². The van der Waals surface area contributed by atoms with Gasteiger partial charge in [0.15, 0.2) is 5.17 Å². The largest absolute Gasteiger partial charge is 0.508 e. The quantitative estimate of drug-likeness (QED) is 0.461. The molecule has 0 radical (unpaired) electrons. The molecule has 2 amide bonds. The summed E-state index contributed by atoms with van der Waals surface area (Å²) < 4.78 is 20.9. The summed E-state index contributed by atoms with van der Waals surface area (Å²) in [6, 6.07) is -0.566. The van der Waals surface area contributed by atoms with Crippen molar-refractivity contribution in [3.05, 3.63) is 0 Å². The first-order chi connectivity index (χ1) is 13.0. The molecule has 9 nitrogen and oxygen atoms in total. The Kier molecular flexibility index (Phi) is 7.98. The third-order valence-corrected chi connectivity index (χ3v) is 4.03. The van der Waals surface area contributed by atoms with E-state index in [0.29, 0.717) is 5.75 Å². The van der Waals surface area contributed by atoms with Crippen molar-refractivity contribution >= 4 is 35.3 Å². The molecule has 29 heavy (non-hydrogen) atoms. The Morgan fingerprint density at radius 1 is 0.931 bits per heavy atom. The molecule has 0 bridgehead atoms. The van der Waals surface area contributed by atoms with Crippen LogP contribution in [0, 0.1) is 0 Å². The van der Waals surface area contributed by atoms with Gasteiger partial charge in [-0.2, -0.15) is 4.99 Å². The first-order valence-corrected chi connectivity index (χ1v) is 10.3. The zero-order valence-electron chi connectivity index (χ0n) is 18.7. The molecule has 0 aromatic heterocycles. The van der Waals surface area contributed by atoms with Crippen molar-refractivity contribution < 1.29 is 33.3 Å². The molecule has 0 spiro atoms. The van der Waals surface area contributed by atoms with E-state index in [9.17, 15) is 14.4 Å². The highest BCUT2D eigenvalue weighted by molar-refractivity contribution is 8.14. The number of aliphatic imine (C=N–C) groups is 1. The summed E-state index contributed by atoms with van der Waals surface area (Å²) in [5.41, 5.74) is -2.17. The highest BCUT2D eigenvalue weighted by atomic mass is 32.2. The van der Waals surface area contributed by atoms with Crippen molar-refractivity contribution in [2.24, 2.45) is 4.99 Å². The van der Waals surface area contributed by atoms with Gasteiger partial charge in [-0.1, -0.05) is 11.8 Å². The molecule has 1 fully saturated rings. The molecule has 1 aliphatic rings. The first kappa shape index (κ1) is 25.1. The zero-order chi connectivity index (χ0) is 22.6. The molecular weight excluding hydrogens is 400 g/mol. The maximum atomic E-state index is 12.7. The fourth-order valence-electron chi connectivity index (χ4n) is 2.02. The van der Waals surface area contributed by atoms with Crippen LogP contribution in [-0.2, 0) is 18.9 Å². The van der Waals surface area contributed by atoms with Gasteiger partial charge in [-0.25, -0.2) is 19.3 Å². The lowest BCUT2D eigenvalue weighted by Crippen LogP contribution is -2.45. The summed E-state index contributed by atoms with van der Waals surface area (Å²) in [5, 5.41) is 0.131. The molecule has 0 aromatic carbocycles. The van der Waals surface area contributed by atoms with E-state index in [2.05, 4.69) is 4.99 Å². The van der Waals surface area contributed by atoms with Crippen LogP contribution < -0.4 is 0 Å². The van der Waals surface area contributed by atoms with Gasteiger partial charge in [-0.15, -0.1) is 0 Å². The van der Waals surface area contributed by atoms with Gasteiger partial charge in [0, 0.05) is 5.75 Å². The van der Waals surface area contributed by atoms with E-state index in [1.165, 1.54) is 16.7 Å². The van der Waals surface area contributed by atoms with Gasteiger partial charge in [-0.3, -0.25) is 0 Å². The van der Waals surface area contributed by atoms with Crippen molar-refractivity contribution in [1.82, 2.24) is 4.90 Å². The summed E-state index contributed by atoms with van der Waals surface area (Å²) in [6.45, 7) is 15.4. The summed E-state index contributed by atoms with van der Waals surface area (Å²) in [5.74, 6) is 0.365. The molecule has 1 aliphatic heterocycles. The Hall–Kier alpha value is -1.97. The average molecular weight is 433 g/mol. The molecule has 1 rings (SSSR count). The highest BCUT2D eigenvalue weighted by Crippen LogP contribution is 2.27. The molecule has 10 heteroatoms. The van der Waals surface area contributed by atoms with Gasteiger partial charge in [0.1, 0.15) is 23.4 Å². The molecule has 0 aliphatic carbocycles. The number of carbonyl (C=O) groups excluding carboxylic acids is 3. The van der Waals surface area contributed by atoms with Gasteiger partial charge >= 0.3 is 18.3 Å². The molecule has 1 unspecified atom stereocenters. The Labute approximate surface area is 176 Å². The van der Waals surface area contributed by atoms with E-state index >= 15 is 0 Å². The lowest BCUT2D eigenvalue weighted by molar-refractivity contribution is -0.0160. The van der Waals surface area contributed by atoms with E-state index in [4.69, 9.17) is 18.9 Å². The van der Waals surface area contributed by atoms with Gasteiger partial charge in [-0.05, 0) is 62.3 Å². The molecule has 166 valence electrons. The molecule has 0 aromatic rings. The van der Waals surface area contributed by atoms with Gasteiger partial charge in [0.25, 0.3) is 0 Å². The van der Waals surface area contributed by atoms with E-state index in [-0.39, 0.29) is 11.8 Å². The first-order valence-electron chi connectivity index (χ1n) is 9.29. The zero-order valence-corrected chi connectivity index (χ0v) is 19.5. The van der Waals surface area contributed by atoms with E-state index in [1.807, 2.05) is 0 Å². The number of hydrogen-bond donors (Lipinski definition) is 0. The second-order valence-corrected chi connectivity index (χ2v) is 10.5. The predicted molar refractivity (Wildman–Crippen MR) is 110 cm³/mol. The number of ether oxygens (including phenoxy) is 4. The van der Waals surface area contributed by atoms with Crippen LogP contribution in [0.5, 0.6) is 0 Å². The second kappa shape index (κ2) is 9.23. The number of thioether (sulfide) groups is 1. The monoisotopic (exact) mass is 432 g/mol. The van der Waals surface area contributed by atoms with Crippen molar-refractivity contribution in [2.75, 3.05) is 12.4 Å².